The second kappa shape index (κ2) is 8.31. The van der Waals surface area contributed by atoms with Crippen molar-refractivity contribution in [3.05, 3.63) is 82.6 Å². The molecule has 0 aliphatic rings. The fourth-order valence-corrected chi connectivity index (χ4v) is 2.70. The second-order valence-corrected chi connectivity index (χ2v) is 6.11. The van der Waals surface area contributed by atoms with E-state index in [1.807, 2.05) is 54.6 Å². The quantitative estimate of drug-likeness (QED) is 0.731. The molecule has 27 heavy (non-hydrogen) atoms. The molecule has 0 saturated carbocycles. The highest BCUT2D eigenvalue weighted by Gasteiger charge is 2.18. The van der Waals surface area contributed by atoms with Crippen molar-refractivity contribution in [2.75, 3.05) is 7.11 Å². The molecule has 1 atom stereocenters. The summed E-state index contributed by atoms with van der Waals surface area (Å²) in [6.45, 7) is 2.00. The average Bonchev–Trinajstić information content (AvgIpc) is 2.72. The summed E-state index contributed by atoms with van der Waals surface area (Å²) in [6.07, 6.45) is 0. The van der Waals surface area contributed by atoms with Crippen LogP contribution in [0.1, 0.15) is 18.5 Å². The minimum absolute atomic E-state index is 0.280. The highest BCUT2D eigenvalue weighted by Crippen LogP contribution is 2.16. The number of benzene rings is 2. The number of carbonyl (C=O) groups excluding carboxylic acids is 1. The van der Waals surface area contributed by atoms with Crippen LogP contribution in [0.15, 0.2) is 71.5 Å². The molecule has 2 aromatic carbocycles. The van der Waals surface area contributed by atoms with Gasteiger partial charge in [-0.15, -0.1) is 0 Å². The van der Waals surface area contributed by atoms with E-state index in [1.165, 1.54) is 10.7 Å². The lowest BCUT2D eigenvalue weighted by molar-refractivity contribution is -0.124. The molecule has 1 heterocycles. The SMILES string of the molecule is COc1cccc(CNC(=O)C(C)n2nc(-c3ccccc3)ccc2=O)c1. The van der Waals surface area contributed by atoms with Gasteiger partial charge in [0.05, 0.1) is 12.8 Å². The number of nitrogens with zero attached hydrogens (tertiary/aromatic N) is 2. The largest absolute Gasteiger partial charge is 0.497 e. The molecule has 1 aromatic heterocycles. The van der Waals surface area contributed by atoms with Gasteiger partial charge < -0.3 is 10.1 Å². The number of hydrogen-bond donors (Lipinski definition) is 1. The van der Waals surface area contributed by atoms with Gasteiger partial charge in [-0.1, -0.05) is 42.5 Å². The lowest BCUT2D eigenvalue weighted by atomic mass is 10.1. The van der Waals surface area contributed by atoms with Crippen molar-refractivity contribution in [2.45, 2.75) is 19.5 Å². The van der Waals surface area contributed by atoms with Crippen LogP contribution in [0.25, 0.3) is 11.3 Å². The van der Waals surface area contributed by atoms with E-state index in [2.05, 4.69) is 10.4 Å². The van der Waals surface area contributed by atoms with Crippen LogP contribution >= 0.6 is 0 Å². The van der Waals surface area contributed by atoms with E-state index in [1.54, 1.807) is 20.1 Å². The Kier molecular flexibility index (Phi) is 5.66. The Morgan fingerprint density at radius 2 is 1.89 bits per heavy atom. The van der Waals surface area contributed by atoms with E-state index in [4.69, 9.17) is 4.74 Å². The van der Waals surface area contributed by atoms with Crippen molar-refractivity contribution in [1.82, 2.24) is 15.1 Å². The lowest BCUT2D eigenvalue weighted by Gasteiger charge is -2.15. The summed E-state index contributed by atoms with van der Waals surface area (Å²) in [6, 6.07) is 19.3. The highest BCUT2D eigenvalue weighted by atomic mass is 16.5. The third kappa shape index (κ3) is 4.41. The first kappa shape index (κ1) is 18.4. The molecule has 0 aliphatic carbocycles. The molecule has 3 aromatic rings. The number of hydrogen-bond acceptors (Lipinski definition) is 4. The van der Waals surface area contributed by atoms with Gasteiger partial charge in [-0.2, -0.15) is 5.10 Å². The van der Waals surface area contributed by atoms with Crippen LogP contribution in [-0.4, -0.2) is 22.8 Å². The Morgan fingerprint density at radius 1 is 1.11 bits per heavy atom. The van der Waals surface area contributed by atoms with E-state index in [9.17, 15) is 9.59 Å². The van der Waals surface area contributed by atoms with Crippen LogP contribution < -0.4 is 15.6 Å². The number of nitrogens with one attached hydrogen (secondary N) is 1. The molecule has 0 radical (unpaired) electrons. The first-order valence-corrected chi connectivity index (χ1v) is 8.64. The van der Waals surface area contributed by atoms with Gasteiger partial charge in [0.25, 0.3) is 5.56 Å². The third-order valence-electron chi connectivity index (χ3n) is 4.24. The Hall–Kier alpha value is -3.41. The molecule has 0 aliphatic heterocycles. The van der Waals surface area contributed by atoms with Crippen molar-refractivity contribution in [3.8, 4) is 17.0 Å². The van der Waals surface area contributed by atoms with Crippen LogP contribution in [0.3, 0.4) is 0 Å². The van der Waals surface area contributed by atoms with Gasteiger partial charge in [-0.3, -0.25) is 9.59 Å². The van der Waals surface area contributed by atoms with Gasteiger partial charge in [0.1, 0.15) is 11.8 Å². The Balaban J connectivity index is 1.75. The summed E-state index contributed by atoms with van der Waals surface area (Å²) in [4.78, 5) is 24.7. The Morgan fingerprint density at radius 3 is 2.63 bits per heavy atom. The van der Waals surface area contributed by atoms with Crippen LogP contribution in [0, 0.1) is 0 Å². The van der Waals surface area contributed by atoms with Gasteiger partial charge in [-0.25, -0.2) is 4.68 Å². The molecule has 1 N–H and O–H groups in total. The molecule has 3 rings (SSSR count). The molecule has 6 nitrogen and oxygen atoms in total. The molecular weight excluding hydrogens is 342 g/mol. The van der Waals surface area contributed by atoms with Gasteiger partial charge in [-0.05, 0) is 30.7 Å². The van der Waals surface area contributed by atoms with Crippen molar-refractivity contribution >= 4 is 5.91 Å². The average molecular weight is 363 g/mol. The third-order valence-corrected chi connectivity index (χ3v) is 4.24. The summed E-state index contributed by atoms with van der Waals surface area (Å²) in [5.41, 5.74) is 2.12. The summed E-state index contributed by atoms with van der Waals surface area (Å²) in [7, 11) is 1.59. The van der Waals surface area contributed by atoms with Crippen molar-refractivity contribution in [3.63, 3.8) is 0 Å². The first-order chi connectivity index (χ1) is 13.1. The van der Waals surface area contributed by atoms with Gasteiger partial charge in [0.15, 0.2) is 0 Å². The molecule has 0 bridgehead atoms. The zero-order valence-electron chi connectivity index (χ0n) is 15.3. The number of rotatable bonds is 6. The van der Waals surface area contributed by atoms with E-state index in [0.717, 1.165) is 16.9 Å². The van der Waals surface area contributed by atoms with Gasteiger partial charge >= 0.3 is 0 Å². The Bertz CT molecular complexity index is 983. The summed E-state index contributed by atoms with van der Waals surface area (Å²) in [5.74, 6) is 0.445. The van der Waals surface area contributed by atoms with Gasteiger partial charge in [0.2, 0.25) is 5.91 Å². The van der Waals surface area contributed by atoms with Crippen LogP contribution in [0.4, 0.5) is 0 Å². The second-order valence-electron chi connectivity index (χ2n) is 6.11. The summed E-state index contributed by atoms with van der Waals surface area (Å²) >= 11 is 0. The van der Waals surface area contributed by atoms with Crippen molar-refractivity contribution in [2.24, 2.45) is 0 Å². The minimum Gasteiger partial charge on any atom is -0.497 e. The number of carbonyl (C=O) groups is 1. The van der Waals surface area contributed by atoms with E-state index in [0.29, 0.717) is 12.2 Å². The fourth-order valence-electron chi connectivity index (χ4n) is 2.70. The monoisotopic (exact) mass is 363 g/mol. The molecular formula is C21H21N3O3. The highest BCUT2D eigenvalue weighted by molar-refractivity contribution is 5.79. The predicted octanol–water partition coefficient (Wildman–Crippen LogP) is 2.80. The molecule has 138 valence electrons. The van der Waals surface area contributed by atoms with E-state index in [-0.39, 0.29) is 11.5 Å². The first-order valence-electron chi connectivity index (χ1n) is 8.64. The topological polar surface area (TPSA) is 73.2 Å². The van der Waals surface area contributed by atoms with Crippen molar-refractivity contribution in [1.29, 1.82) is 0 Å². The summed E-state index contributed by atoms with van der Waals surface area (Å²) in [5, 5.41) is 7.21. The maximum absolute atomic E-state index is 12.5. The van der Waals surface area contributed by atoms with E-state index < -0.39 is 6.04 Å². The normalized spacial score (nSPS) is 11.6. The fraction of sp³-hybridized carbons (Fsp3) is 0.190. The maximum Gasteiger partial charge on any atom is 0.267 e. The predicted molar refractivity (Wildman–Crippen MR) is 103 cm³/mol. The smallest absolute Gasteiger partial charge is 0.267 e. The molecule has 6 heteroatoms. The number of amides is 1. The molecule has 1 unspecified atom stereocenters. The van der Waals surface area contributed by atoms with Gasteiger partial charge in [0, 0.05) is 18.2 Å². The zero-order chi connectivity index (χ0) is 19.2. The molecule has 1 amide bonds. The zero-order valence-corrected chi connectivity index (χ0v) is 15.3. The molecule has 0 saturated heterocycles. The van der Waals surface area contributed by atoms with E-state index >= 15 is 0 Å². The number of methoxy groups -OCH3 is 1. The lowest BCUT2D eigenvalue weighted by Crippen LogP contribution is -2.36. The van der Waals surface area contributed by atoms with Crippen LogP contribution in [-0.2, 0) is 11.3 Å². The number of ether oxygens (including phenoxy) is 1. The maximum atomic E-state index is 12.5. The van der Waals surface area contributed by atoms with Crippen molar-refractivity contribution < 1.29 is 9.53 Å². The molecule has 0 spiro atoms. The van der Waals surface area contributed by atoms with Crippen LogP contribution in [0.2, 0.25) is 0 Å². The minimum atomic E-state index is -0.730. The molecule has 0 fully saturated rings. The Labute approximate surface area is 157 Å². The van der Waals surface area contributed by atoms with Crippen LogP contribution in [0.5, 0.6) is 5.75 Å². The number of aromatic nitrogens is 2. The standard InChI is InChI=1S/C21H21N3O3/c1-15(21(26)22-14-16-7-6-10-18(13-16)27-2)24-20(25)12-11-19(23-24)17-8-4-3-5-9-17/h3-13,15H,14H2,1-2H3,(H,22,26). The summed E-state index contributed by atoms with van der Waals surface area (Å²) < 4.78 is 6.39.